The van der Waals surface area contributed by atoms with Crippen LogP contribution >= 0.6 is 34.5 Å². The summed E-state index contributed by atoms with van der Waals surface area (Å²) in [6.45, 7) is 0.620. The molecule has 2 aliphatic heterocycles. The number of carbonyl (C=O) groups is 1. The number of halogens is 3. The van der Waals surface area contributed by atoms with Gasteiger partial charge in [0.2, 0.25) is 0 Å². The molecule has 7 nitrogen and oxygen atoms in total. The fraction of sp³-hybridized carbons (Fsp3) is 0.393. The van der Waals surface area contributed by atoms with Crippen LogP contribution in [-0.4, -0.2) is 39.3 Å². The normalized spacial score (nSPS) is 22.6. The van der Waals surface area contributed by atoms with E-state index in [0.717, 1.165) is 55.0 Å². The van der Waals surface area contributed by atoms with Crippen molar-refractivity contribution in [3.8, 4) is 11.3 Å². The Morgan fingerprint density at radius 3 is 2.54 bits per heavy atom. The van der Waals surface area contributed by atoms with Crippen LogP contribution in [0.15, 0.2) is 34.9 Å². The van der Waals surface area contributed by atoms with Crippen LogP contribution in [0, 0.1) is 5.82 Å². The van der Waals surface area contributed by atoms with Gasteiger partial charge in [-0.2, -0.15) is 0 Å². The number of fused-ring (bicyclic) bond motifs is 3. The van der Waals surface area contributed by atoms with Crippen molar-refractivity contribution in [1.29, 1.82) is 0 Å². The van der Waals surface area contributed by atoms with E-state index in [2.05, 4.69) is 15.4 Å². The van der Waals surface area contributed by atoms with Crippen LogP contribution < -0.4 is 10.2 Å². The molecule has 7 rings (SSSR count). The van der Waals surface area contributed by atoms with E-state index < -0.39 is 11.8 Å². The van der Waals surface area contributed by atoms with E-state index in [1.54, 1.807) is 0 Å². The zero-order valence-electron chi connectivity index (χ0n) is 20.8. The molecule has 2 aromatic carbocycles. The molecule has 2 unspecified atom stereocenters. The van der Waals surface area contributed by atoms with Crippen LogP contribution in [0.1, 0.15) is 66.1 Å². The van der Waals surface area contributed by atoms with E-state index in [0.29, 0.717) is 62.1 Å². The lowest BCUT2D eigenvalue weighted by atomic mass is 9.97. The van der Waals surface area contributed by atoms with Gasteiger partial charge in [-0.05, 0) is 56.7 Å². The molecule has 4 aromatic rings. The highest BCUT2D eigenvalue weighted by atomic mass is 35.5. The lowest BCUT2D eigenvalue weighted by Crippen LogP contribution is -2.49. The molecule has 4 heterocycles. The van der Waals surface area contributed by atoms with Crippen molar-refractivity contribution < 1.29 is 18.8 Å². The minimum absolute atomic E-state index is 0.306. The Hall–Kier alpha value is -2.72. The van der Waals surface area contributed by atoms with Gasteiger partial charge in [-0.1, -0.05) is 45.8 Å². The van der Waals surface area contributed by atoms with E-state index in [9.17, 15) is 14.3 Å². The van der Waals surface area contributed by atoms with Gasteiger partial charge in [0.1, 0.15) is 17.3 Å². The van der Waals surface area contributed by atoms with Gasteiger partial charge in [0.05, 0.1) is 25.8 Å². The second-order valence-electron chi connectivity index (χ2n) is 10.7. The number of nitrogens with zero attached hydrogens (tertiary/aromatic N) is 3. The van der Waals surface area contributed by atoms with Crippen molar-refractivity contribution in [3.63, 3.8) is 0 Å². The number of nitrogens with one attached hydrogen (secondary N) is 1. The molecule has 2 aromatic heterocycles. The lowest BCUT2D eigenvalue weighted by Gasteiger charge is -2.39. The largest absolute Gasteiger partial charge is 0.478 e. The van der Waals surface area contributed by atoms with Crippen molar-refractivity contribution in [2.75, 3.05) is 4.90 Å². The van der Waals surface area contributed by atoms with Gasteiger partial charge in [0.15, 0.2) is 5.13 Å². The molecule has 3 fully saturated rings. The smallest absolute Gasteiger partial charge is 0.338 e. The van der Waals surface area contributed by atoms with Gasteiger partial charge in [-0.25, -0.2) is 14.2 Å². The summed E-state index contributed by atoms with van der Waals surface area (Å²) in [5, 5.41) is 19.4. The first kappa shape index (κ1) is 25.3. The van der Waals surface area contributed by atoms with Gasteiger partial charge < -0.3 is 19.8 Å². The predicted molar refractivity (Wildman–Crippen MR) is 150 cm³/mol. The van der Waals surface area contributed by atoms with E-state index in [1.165, 1.54) is 23.5 Å². The second kappa shape index (κ2) is 9.73. The molecule has 202 valence electrons. The number of hydrogen-bond donors (Lipinski definition) is 2. The Kier molecular flexibility index (Phi) is 6.30. The highest BCUT2D eigenvalue weighted by Gasteiger charge is 2.42. The summed E-state index contributed by atoms with van der Waals surface area (Å²) in [7, 11) is 0. The molecular formula is C28H25Cl2FN4O3S. The van der Waals surface area contributed by atoms with Crippen LogP contribution in [0.5, 0.6) is 0 Å². The molecule has 0 amide bonds. The number of anilines is 1. The first-order chi connectivity index (χ1) is 18.9. The van der Waals surface area contributed by atoms with Crippen LogP contribution in [0.3, 0.4) is 0 Å². The van der Waals surface area contributed by atoms with Crippen LogP contribution in [0.25, 0.3) is 21.5 Å². The van der Waals surface area contributed by atoms with E-state index in [1.807, 2.05) is 18.2 Å². The summed E-state index contributed by atoms with van der Waals surface area (Å²) in [6.07, 6.45) is 6.23. The van der Waals surface area contributed by atoms with E-state index in [-0.39, 0.29) is 5.56 Å². The highest BCUT2D eigenvalue weighted by Crippen LogP contribution is 2.46. The number of rotatable bonds is 7. The molecule has 1 saturated carbocycles. The standard InChI is InChI=1S/C28H25Cl2FN4O3S/c29-19-2-1-3-20(30)24(19)25-18(26(38-34-25)13-4-5-13)12-32-14-8-15-6-7-16(9-14)35(15)28-33-22-11-21(31)17(27(36)37)10-23(22)39-28/h1-3,10-11,13-16,32H,4-9,12H2,(H,36,37). The minimum atomic E-state index is -1.27. The zero-order chi connectivity index (χ0) is 26.8. The van der Waals surface area contributed by atoms with Gasteiger partial charge in [0, 0.05) is 47.8 Å². The molecule has 11 heteroatoms. The van der Waals surface area contributed by atoms with Gasteiger partial charge >= 0.3 is 5.97 Å². The van der Waals surface area contributed by atoms with Crippen molar-refractivity contribution in [1.82, 2.24) is 15.5 Å². The molecular weight excluding hydrogens is 562 g/mol. The quantitative estimate of drug-likeness (QED) is 0.235. The van der Waals surface area contributed by atoms with Crippen molar-refractivity contribution in [2.45, 2.75) is 69.1 Å². The molecule has 3 aliphatic rings. The Balaban J connectivity index is 1.11. The topological polar surface area (TPSA) is 91.5 Å². The molecule has 1 aliphatic carbocycles. The Bertz CT molecular complexity index is 1570. The van der Waals surface area contributed by atoms with E-state index in [4.69, 9.17) is 32.7 Å². The third-order valence-electron chi connectivity index (χ3n) is 8.18. The first-order valence-corrected chi connectivity index (χ1v) is 14.7. The van der Waals surface area contributed by atoms with Crippen LogP contribution in [-0.2, 0) is 6.54 Å². The average Bonchev–Trinajstić information content (AvgIpc) is 3.44. The van der Waals surface area contributed by atoms with E-state index >= 15 is 0 Å². The molecule has 2 bridgehead atoms. The van der Waals surface area contributed by atoms with Crippen molar-refractivity contribution >= 4 is 55.9 Å². The second-order valence-corrected chi connectivity index (χ2v) is 12.5. The maximum absolute atomic E-state index is 14.2. The first-order valence-electron chi connectivity index (χ1n) is 13.1. The third-order valence-corrected chi connectivity index (χ3v) is 9.85. The van der Waals surface area contributed by atoms with Gasteiger partial charge in [0.25, 0.3) is 0 Å². The molecule has 0 radical (unpaired) electrons. The summed E-state index contributed by atoms with van der Waals surface area (Å²) in [5.74, 6) is -0.701. The highest BCUT2D eigenvalue weighted by molar-refractivity contribution is 7.22. The monoisotopic (exact) mass is 586 g/mol. The average molecular weight is 588 g/mol. The Morgan fingerprint density at radius 2 is 1.87 bits per heavy atom. The number of aromatic nitrogens is 2. The Labute approximate surface area is 237 Å². The van der Waals surface area contributed by atoms with Gasteiger partial charge in [-0.15, -0.1) is 0 Å². The number of carboxylic acid groups (broad SMARTS) is 1. The molecule has 2 saturated heterocycles. The van der Waals surface area contributed by atoms with Crippen LogP contribution in [0.2, 0.25) is 10.0 Å². The number of carboxylic acids is 1. The maximum Gasteiger partial charge on any atom is 0.338 e. The maximum atomic E-state index is 14.2. The summed E-state index contributed by atoms with van der Waals surface area (Å²) in [6, 6.07) is 9.01. The van der Waals surface area contributed by atoms with Gasteiger partial charge in [-0.3, -0.25) is 0 Å². The molecule has 2 N–H and O–H groups in total. The van der Waals surface area contributed by atoms with Crippen LogP contribution in [0.4, 0.5) is 9.52 Å². The summed E-state index contributed by atoms with van der Waals surface area (Å²) < 4.78 is 20.8. The third kappa shape index (κ3) is 4.49. The Morgan fingerprint density at radius 1 is 1.15 bits per heavy atom. The number of hydrogen-bond acceptors (Lipinski definition) is 7. The number of piperidine rings is 1. The minimum Gasteiger partial charge on any atom is -0.478 e. The summed E-state index contributed by atoms with van der Waals surface area (Å²) in [4.78, 5) is 18.4. The fourth-order valence-electron chi connectivity index (χ4n) is 6.19. The molecule has 2 atom stereocenters. The zero-order valence-corrected chi connectivity index (χ0v) is 23.1. The number of benzene rings is 2. The van der Waals surface area contributed by atoms with Crippen molar-refractivity contribution in [2.24, 2.45) is 0 Å². The summed E-state index contributed by atoms with van der Waals surface area (Å²) in [5.41, 5.74) is 2.64. The lowest BCUT2D eigenvalue weighted by molar-refractivity contribution is 0.0692. The molecule has 0 spiro atoms. The SMILES string of the molecule is O=C(O)c1cc2sc(N3C4CCC3CC(NCc3c(-c5c(Cl)cccc5Cl)noc3C3CC3)C4)nc2cc1F. The number of aromatic carboxylic acids is 1. The predicted octanol–water partition coefficient (Wildman–Crippen LogP) is 7.26. The number of thiazole rings is 1. The van der Waals surface area contributed by atoms with Crippen molar-refractivity contribution in [3.05, 3.63) is 63.1 Å². The fourth-order valence-corrected chi connectivity index (χ4v) is 7.90. The molecule has 39 heavy (non-hydrogen) atoms. The summed E-state index contributed by atoms with van der Waals surface area (Å²) >= 11 is 14.5.